The second kappa shape index (κ2) is 5.48. The highest BCUT2D eigenvalue weighted by molar-refractivity contribution is 6.32. The lowest BCUT2D eigenvalue weighted by Crippen LogP contribution is -2.43. The van der Waals surface area contributed by atoms with E-state index in [1.165, 1.54) is 12.0 Å². The molecule has 1 heterocycles. The average molecular weight is 283 g/mol. The minimum atomic E-state index is -0.519. The molecule has 0 aliphatic carbocycles. The number of primary amides is 1. The molecule has 0 aromatic heterocycles. The Morgan fingerprint density at radius 1 is 1.47 bits per heavy atom. The van der Waals surface area contributed by atoms with Crippen LogP contribution in [0, 0.1) is 0 Å². The molecular formula is C13H15ClN2O3. The van der Waals surface area contributed by atoms with E-state index >= 15 is 0 Å². The maximum Gasteiger partial charge on any atom is 0.254 e. The van der Waals surface area contributed by atoms with Crippen LogP contribution in [0.3, 0.4) is 0 Å². The van der Waals surface area contributed by atoms with Crippen molar-refractivity contribution in [3.63, 3.8) is 0 Å². The van der Waals surface area contributed by atoms with Crippen molar-refractivity contribution in [2.45, 2.75) is 18.9 Å². The predicted molar refractivity (Wildman–Crippen MR) is 71.3 cm³/mol. The largest absolute Gasteiger partial charge is 0.495 e. The van der Waals surface area contributed by atoms with Crippen LogP contribution in [0.15, 0.2) is 18.2 Å². The zero-order chi connectivity index (χ0) is 14.0. The lowest BCUT2D eigenvalue weighted by Gasteiger charge is -2.22. The van der Waals surface area contributed by atoms with Crippen LogP contribution in [-0.4, -0.2) is 36.4 Å². The Bertz CT molecular complexity index is 519. The highest BCUT2D eigenvalue weighted by Crippen LogP contribution is 2.27. The summed E-state index contributed by atoms with van der Waals surface area (Å²) in [5, 5.41) is 0.437. The number of benzene rings is 1. The van der Waals surface area contributed by atoms with Crippen molar-refractivity contribution in [3.8, 4) is 5.75 Å². The van der Waals surface area contributed by atoms with Crippen molar-refractivity contribution in [1.29, 1.82) is 0 Å². The number of rotatable bonds is 3. The van der Waals surface area contributed by atoms with Crippen molar-refractivity contribution in [2.24, 2.45) is 5.73 Å². The van der Waals surface area contributed by atoms with E-state index in [4.69, 9.17) is 22.1 Å². The van der Waals surface area contributed by atoms with Gasteiger partial charge < -0.3 is 15.4 Å². The molecule has 0 radical (unpaired) electrons. The molecule has 102 valence electrons. The molecule has 2 amide bonds. The zero-order valence-electron chi connectivity index (χ0n) is 10.6. The highest BCUT2D eigenvalue weighted by atomic mass is 35.5. The van der Waals surface area contributed by atoms with Crippen LogP contribution in [0.2, 0.25) is 5.02 Å². The van der Waals surface area contributed by atoms with E-state index in [-0.39, 0.29) is 5.91 Å². The molecule has 1 fully saturated rings. The summed E-state index contributed by atoms with van der Waals surface area (Å²) in [5.41, 5.74) is 5.74. The highest BCUT2D eigenvalue weighted by Gasteiger charge is 2.33. The molecular weight excluding hydrogens is 268 g/mol. The molecule has 1 aromatic rings. The van der Waals surface area contributed by atoms with Gasteiger partial charge in [-0.2, -0.15) is 0 Å². The smallest absolute Gasteiger partial charge is 0.254 e. The number of carbonyl (C=O) groups excluding carboxylic acids is 2. The van der Waals surface area contributed by atoms with Gasteiger partial charge in [-0.3, -0.25) is 9.59 Å². The van der Waals surface area contributed by atoms with Crippen LogP contribution in [0.1, 0.15) is 23.2 Å². The van der Waals surface area contributed by atoms with E-state index < -0.39 is 11.9 Å². The van der Waals surface area contributed by atoms with E-state index in [1.54, 1.807) is 18.2 Å². The van der Waals surface area contributed by atoms with Crippen LogP contribution in [0.4, 0.5) is 0 Å². The summed E-state index contributed by atoms with van der Waals surface area (Å²) < 4.78 is 5.08. The molecule has 1 aliphatic rings. The van der Waals surface area contributed by atoms with Crippen LogP contribution < -0.4 is 10.5 Å². The van der Waals surface area contributed by atoms with Gasteiger partial charge in [-0.15, -0.1) is 0 Å². The Hall–Kier alpha value is -1.75. The summed E-state index contributed by atoms with van der Waals surface area (Å²) in [4.78, 5) is 25.2. The average Bonchev–Trinajstić information content (AvgIpc) is 2.87. The molecule has 0 unspecified atom stereocenters. The minimum absolute atomic E-state index is 0.226. The maximum absolute atomic E-state index is 12.4. The molecule has 2 N–H and O–H groups in total. The Balaban J connectivity index is 2.26. The fraction of sp³-hybridized carbons (Fsp3) is 0.385. The number of hydrogen-bond acceptors (Lipinski definition) is 3. The lowest BCUT2D eigenvalue weighted by atomic mass is 10.1. The summed E-state index contributed by atoms with van der Waals surface area (Å²) >= 11 is 5.92. The number of nitrogens with zero attached hydrogens (tertiary/aromatic N) is 1. The van der Waals surface area contributed by atoms with Gasteiger partial charge in [-0.1, -0.05) is 11.6 Å². The van der Waals surface area contributed by atoms with Crippen molar-refractivity contribution in [3.05, 3.63) is 28.8 Å². The quantitative estimate of drug-likeness (QED) is 0.912. The normalized spacial score (nSPS) is 18.4. The molecule has 5 nitrogen and oxygen atoms in total. The van der Waals surface area contributed by atoms with Gasteiger partial charge in [0, 0.05) is 12.1 Å². The molecule has 1 aromatic carbocycles. The molecule has 0 saturated carbocycles. The van der Waals surface area contributed by atoms with Gasteiger partial charge in [-0.05, 0) is 31.0 Å². The second-order valence-electron chi connectivity index (χ2n) is 4.41. The third-order valence-electron chi connectivity index (χ3n) is 3.24. The molecule has 1 aliphatic heterocycles. The number of amides is 2. The first-order valence-electron chi connectivity index (χ1n) is 5.98. The first kappa shape index (κ1) is 13.7. The third kappa shape index (κ3) is 2.66. The topological polar surface area (TPSA) is 72.6 Å². The zero-order valence-corrected chi connectivity index (χ0v) is 11.3. The van der Waals surface area contributed by atoms with Gasteiger partial charge in [0.25, 0.3) is 5.91 Å². The summed E-state index contributed by atoms with van der Waals surface area (Å²) in [5.74, 6) is -0.259. The first-order chi connectivity index (χ1) is 9.04. The summed E-state index contributed by atoms with van der Waals surface area (Å²) in [6.07, 6.45) is 1.40. The number of nitrogens with two attached hydrogens (primary N) is 1. The van der Waals surface area contributed by atoms with Gasteiger partial charge >= 0.3 is 0 Å². The third-order valence-corrected chi connectivity index (χ3v) is 3.55. The molecule has 19 heavy (non-hydrogen) atoms. The van der Waals surface area contributed by atoms with Crippen LogP contribution in [0.5, 0.6) is 5.75 Å². The van der Waals surface area contributed by atoms with Crippen LogP contribution in [-0.2, 0) is 4.79 Å². The summed E-state index contributed by atoms with van der Waals surface area (Å²) in [7, 11) is 1.48. The number of hydrogen-bond donors (Lipinski definition) is 1. The van der Waals surface area contributed by atoms with E-state index in [1.807, 2.05) is 0 Å². The maximum atomic E-state index is 12.4. The fourth-order valence-corrected chi connectivity index (χ4v) is 2.46. The Morgan fingerprint density at radius 2 is 2.21 bits per heavy atom. The lowest BCUT2D eigenvalue weighted by molar-refractivity contribution is -0.121. The van der Waals surface area contributed by atoms with Crippen molar-refractivity contribution < 1.29 is 14.3 Å². The first-order valence-corrected chi connectivity index (χ1v) is 6.36. The Morgan fingerprint density at radius 3 is 2.84 bits per heavy atom. The van der Waals surface area contributed by atoms with E-state index in [0.717, 1.165) is 6.42 Å². The molecule has 2 rings (SSSR count). The Labute approximate surface area is 116 Å². The number of halogens is 1. The van der Waals surface area contributed by atoms with Gasteiger partial charge in [0.05, 0.1) is 12.1 Å². The van der Waals surface area contributed by atoms with Crippen molar-refractivity contribution in [1.82, 2.24) is 4.90 Å². The number of ether oxygens (including phenoxy) is 1. The predicted octanol–water partition coefficient (Wildman–Crippen LogP) is 1.44. The van der Waals surface area contributed by atoms with Crippen LogP contribution >= 0.6 is 11.6 Å². The number of likely N-dealkylation sites (tertiary alicyclic amines) is 1. The fourth-order valence-electron chi connectivity index (χ4n) is 2.26. The number of methoxy groups -OCH3 is 1. The van der Waals surface area contributed by atoms with Gasteiger partial charge in [0.2, 0.25) is 5.91 Å². The van der Waals surface area contributed by atoms with Crippen molar-refractivity contribution in [2.75, 3.05) is 13.7 Å². The second-order valence-corrected chi connectivity index (χ2v) is 4.82. The standard InChI is InChI=1S/C13H15ClN2O3/c1-19-11-7-8(4-5-9(11)14)13(18)16-6-2-3-10(16)12(15)17/h4-5,7,10H,2-3,6H2,1H3,(H2,15,17)/t10-/m1/s1. The van der Waals surface area contributed by atoms with Crippen LogP contribution in [0.25, 0.3) is 0 Å². The van der Waals surface area contributed by atoms with E-state index in [0.29, 0.717) is 29.3 Å². The molecule has 6 heteroatoms. The SMILES string of the molecule is COc1cc(C(=O)N2CCC[C@@H]2C(N)=O)ccc1Cl. The molecule has 0 bridgehead atoms. The minimum Gasteiger partial charge on any atom is -0.495 e. The number of carbonyl (C=O) groups is 2. The summed E-state index contributed by atoms with van der Waals surface area (Å²) in [6, 6.07) is 4.27. The summed E-state index contributed by atoms with van der Waals surface area (Å²) in [6.45, 7) is 0.539. The van der Waals surface area contributed by atoms with Gasteiger partial charge in [0.15, 0.2) is 0 Å². The molecule has 1 saturated heterocycles. The Kier molecular flexibility index (Phi) is 3.95. The van der Waals surface area contributed by atoms with E-state index in [9.17, 15) is 9.59 Å². The molecule has 1 atom stereocenters. The van der Waals surface area contributed by atoms with Gasteiger partial charge in [0.1, 0.15) is 11.8 Å². The van der Waals surface area contributed by atoms with Crippen molar-refractivity contribution >= 4 is 23.4 Å². The van der Waals surface area contributed by atoms with E-state index in [2.05, 4.69) is 0 Å². The van der Waals surface area contributed by atoms with Gasteiger partial charge in [-0.25, -0.2) is 0 Å². The molecule has 0 spiro atoms. The monoisotopic (exact) mass is 282 g/mol.